The molecule has 8 nitrogen and oxygen atoms in total. The van der Waals surface area contributed by atoms with Gasteiger partial charge in [0.25, 0.3) is 0 Å². The molecule has 2 aromatic heterocycles. The number of rotatable bonds is 3. The van der Waals surface area contributed by atoms with E-state index in [-0.39, 0.29) is 18.8 Å². The predicted molar refractivity (Wildman–Crippen MR) is 67.9 cm³/mol. The molecular formula is C11H16N6O2. The quantitative estimate of drug-likeness (QED) is 0.763. The van der Waals surface area contributed by atoms with Crippen molar-refractivity contribution >= 4 is 17.0 Å². The summed E-state index contributed by atoms with van der Waals surface area (Å²) in [5.74, 6) is 0.376. The number of anilines is 1. The Morgan fingerprint density at radius 1 is 1.47 bits per heavy atom. The SMILES string of the molecule is CN1OC(Cn2cnc3c(N)ncnc32)C[C@@H]1CO. The Kier molecular flexibility index (Phi) is 3.05. The summed E-state index contributed by atoms with van der Waals surface area (Å²) in [4.78, 5) is 18.0. The lowest BCUT2D eigenvalue weighted by molar-refractivity contribution is -0.150. The van der Waals surface area contributed by atoms with Crippen LogP contribution in [0.5, 0.6) is 0 Å². The van der Waals surface area contributed by atoms with Crippen LogP contribution in [0, 0.1) is 0 Å². The van der Waals surface area contributed by atoms with Crippen LogP contribution in [0.25, 0.3) is 11.2 Å². The van der Waals surface area contributed by atoms with Crippen LogP contribution in [0.15, 0.2) is 12.7 Å². The van der Waals surface area contributed by atoms with Crippen LogP contribution in [0.4, 0.5) is 5.82 Å². The zero-order chi connectivity index (χ0) is 13.4. The summed E-state index contributed by atoms with van der Waals surface area (Å²) in [6.45, 7) is 0.709. The molecule has 102 valence electrons. The third kappa shape index (κ3) is 2.14. The van der Waals surface area contributed by atoms with Gasteiger partial charge in [-0.05, 0) is 6.42 Å². The average molecular weight is 264 g/mol. The number of fused-ring (bicyclic) bond motifs is 1. The molecule has 0 amide bonds. The molecule has 3 rings (SSSR count). The number of aliphatic hydroxyl groups excluding tert-OH is 1. The maximum Gasteiger partial charge on any atom is 0.165 e. The number of aromatic nitrogens is 4. The fraction of sp³-hybridized carbons (Fsp3) is 0.545. The largest absolute Gasteiger partial charge is 0.395 e. The van der Waals surface area contributed by atoms with Crippen LogP contribution in [0.1, 0.15) is 6.42 Å². The number of hydrogen-bond donors (Lipinski definition) is 2. The lowest BCUT2D eigenvalue weighted by atomic mass is 10.1. The number of hydroxylamine groups is 2. The van der Waals surface area contributed by atoms with E-state index < -0.39 is 0 Å². The number of nitrogen functional groups attached to an aromatic ring is 1. The first kappa shape index (κ1) is 12.3. The molecule has 0 aliphatic carbocycles. The minimum atomic E-state index is -0.00394. The molecule has 1 fully saturated rings. The summed E-state index contributed by atoms with van der Waals surface area (Å²) < 4.78 is 1.89. The van der Waals surface area contributed by atoms with E-state index in [2.05, 4.69) is 15.0 Å². The fourth-order valence-corrected chi connectivity index (χ4v) is 2.37. The molecule has 0 spiro atoms. The second-order valence-corrected chi connectivity index (χ2v) is 4.67. The van der Waals surface area contributed by atoms with Gasteiger partial charge in [0.05, 0.1) is 31.6 Å². The van der Waals surface area contributed by atoms with Crippen molar-refractivity contribution in [2.45, 2.75) is 25.1 Å². The van der Waals surface area contributed by atoms with Crippen molar-refractivity contribution in [1.29, 1.82) is 0 Å². The first-order chi connectivity index (χ1) is 9.19. The molecule has 1 unspecified atom stereocenters. The topological polar surface area (TPSA) is 102 Å². The van der Waals surface area contributed by atoms with E-state index in [9.17, 15) is 5.11 Å². The van der Waals surface area contributed by atoms with Gasteiger partial charge in [0, 0.05) is 7.05 Å². The summed E-state index contributed by atoms with van der Waals surface area (Å²) in [5, 5.41) is 10.9. The number of imidazole rings is 1. The van der Waals surface area contributed by atoms with Gasteiger partial charge in [0.2, 0.25) is 0 Å². The molecule has 0 bridgehead atoms. The maximum atomic E-state index is 9.21. The second-order valence-electron chi connectivity index (χ2n) is 4.67. The summed E-state index contributed by atoms with van der Waals surface area (Å²) in [5.41, 5.74) is 7.05. The van der Waals surface area contributed by atoms with E-state index in [1.165, 1.54) is 6.33 Å². The van der Waals surface area contributed by atoms with E-state index in [0.717, 1.165) is 6.42 Å². The molecule has 3 heterocycles. The van der Waals surface area contributed by atoms with E-state index in [1.807, 2.05) is 11.6 Å². The van der Waals surface area contributed by atoms with Crippen LogP contribution in [0.2, 0.25) is 0 Å². The minimum absolute atomic E-state index is 0.00394. The highest BCUT2D eigenvalue weighted by Gasteiger charge is 2.30. The van der Waals surface area contributed by atoms with Crippen LogP contribution < -0.4 is 5.73 Å². The average Bonchev–Trinajstić information content (AvgIpc) is 2.95. The van der Waals surface area contributed by atoms with E-state index >= 15 is 0 Å². The highest BCUT2D eigenvalue weighted by molar-refractivity contribution is 5.81. The van der Waals surface area contributed by atoms with Crippen molar-refractivity contribution in [1.82, 2.24) is 24.6 Å². The van der Waals surface area contributed by atoms with Crippen molar-refractivity contribution in [3.05, 3.63) is 12.7 Å². The number of likely N-dealkylation sites (N-methyl/N-ethyl adjacent to an activating group) is 1. The molecule has 0 radical (unpaired) electrons. The van der Waals surface area contributed by atoms with Crippen molar-refractivity contribution in [3.8, 4) is 0 Å². The molecular weight excluding hydrogens is 248 g/mol. The van der Waals surface area contributed by atoms with E-state index in [1.54, 1.807) is 11.4 Å². The number of nitrogens with two attached hydrogens (primary N) is 1. The normalized spacial score (nSPS) is 24.3. The molecule has 19 heavy (non-hydrogen) atoms. The van der Waals surface area contributed by atoms with Gasteiger partial charge in [0.1, 0.15) is 11.8 Å². The highest BCUT2D eigenvalue weighted by Crippen LogP contribution is 2.22. The Balaban J connectivity index is 1.81. The Hall–Kier alpha value is -1.77. The molecule has 0 aromatic carbocycles. The van der Waals surface area contributed by atoms with Crippen LogP contribution in [-0.4, -0.2) is 55.5 Å². The van der Waals surface area contributed by atoms with Gasteiger partial charge in [0.15, 0.2) is 11.5 Å². The van der Waals surface area contributed by atoms with Crippen LogP contribution in [-0.2, 0) is 11.4 Å². The number of hydrogen-bond acceptors (Lipinski definition) is 7. The van der Waals surface area contributed by atoms with Crippen molar-refractivity contribution in [3.63, 3.8) is 0 Å². The molecule has 3 N–H and O–H groups in total. The predicted octanol–water partition coefficient (Wildman–Crippen LogP) is -0.595. The highest BCUT2D eigenvalue weighted by atomic mass is 16.7. The van der Waals surface area contributed by atoms with Gasteiger partial charge in [-0.2, -0.15) is 5.06 Å². The van der Waals surface area contributed by atoms with Gasteiger partial charge in [-0.1, -0.05) is 0 Å². The maximum absolute atomic E-state index is 9.21. The fourth-order valence-electron chi connectivity index (χ4n) is 2.37. The standard InChI is InChI=1S/C11H16N6O2/c1-16-7(4-18)2-8(19-16)3-17-6-15-9-10(12)13-5-14-11(9)17/h5-8,18H,2-4H2,1H3,(H2,12,13,14)/t7-,8?/m1/s1. The number of aliphatic hydroxyl groups is 1. The van der Waals surface area contributed by atoms with Crippen molar-refractivity contribution < 1.29 is 9.94 Å². The van der Waals surface area contributed by atoms with Gasteiger partial charge in [-0.15, -0.1) is 0 Å². The smallest absolute Gasteiger partial charge is 0.165 e. The Labute approximate surface area is 109 Å². The Bertz CT molecular complexity index is 586. The Morgan fingerprint density at radius 3 is 3.05 bits per heavy atom. The molecule has 0 saturated carbocycles. The Morgan fingerprint density at radius 2 is 2.32 bits per heavy atom. The third-order valence-corrected chi connectivity index (χ3v) is 3.41. The monoisotopic (exact) mass is 264 g/mol. The van der Waals surface area contributed by atoms with Crippen LogP contribution >= 0.6 is 0 Å². The van der Waals surface area contributed by atoms with Gasteiger partial charge in [-0.25, -0.2) is 15.0 Å². The number of nitrogens with zero attached hydrogens (tertiary/aromatic N) is 5. The first-order valence-corrected chi connectivity index (χ1v) is 6.11. The molecule has 8 heteroatoms. The summed E-state index contributed by atoms with van der Waals surface area (Å²) in [6.07, 6.45) is 3.88. The van der Waals surface area contributed by atoms with Crippen molar-refractivity contribution in [2.24, 2.45) is 0 Å². The zero-order valence-electron chi connectivity index (χ0n) is 10.6. The van der Waals surface area contributed by atoms with Crippen molar-refractivity contribution in [2.75, 3.05) is 19.4 Å². The zero-order valence-corrected chi connectivity index (χ0v) is 10.6. The van der Waals surface area contributed by atoms with E-state index in [4.69, 9.17) is 10.6 Å². The third-order valence-electron chi connectivity index (χ3n) is 3.41. The molecule has 1 aliphatic heterocycles. The summed E-state index contributed by atoms with van der Waals surface area (Å²) in [7, 11) is 1.83. The summed E-state index contributed by atoms with van der Waals surface area (Å²) in [6, 6.07) is 0.0412. The van der Waals surface area contributed by atoms with Gasteiger partial charge >= 0.3 is 0 Å². The lowest BCUT2D eigenvalue weighted by Gasteiger charge is -2.14. The van der Waals surface area contributed by atoms with Gasteiger partial charge in [-0.3, -0.25) is 4.84 Å². The minimum Gasteiger partial charge on any atom is -0.395 e. The first-order valence-electron chi connectivity index (χ1n) is 6.11. The molecule has 1 saturated heterocycles. The van der Waals surface area contributed by atoms with Crippen LogP contribution in [0.3, 0.4) is 0 Å². The molecule has 2 atom stereocenters. The second kappa shape index (κ2) is 4.72. The lowest BCUT2D eigenvalue weighted by Crippen LogP contribution is -2.26. The van der Waals surface area contributed by atoms with Gasteiger partial charge < -0.3 is 15.4 Å². The van der Waals surface area contributed by atoms with E-state index in [0.29, 0.717) is 23.5 Å². The summed E-state index contributed by atoms with van der Waals surface area (Å²) >= 11 is 0. The molecule has 1 aliphatic rings. The molecule has 2 aromatic rings.